The first-order valence-corrected chi connectivity index (χ1v) is 18.8. The predicted octanol–water partition coefficient (Wildman–Crippen LogP) is 12.2. The predicted molar refractivity (Wildman–Crippen MR) is 220 cm³/mol. The molecule has 0 atom stereocenters. The maximum Gasteiger partial charge on any atom is 0.295 e. The van der Waals surface area contributed by atoms with Crippen molar-refractivity contribution in [1.82, 2.24) is 0 Å². The molecular weight excluding hydrogens is 813 g/mol. The molecule has 0 spiro atoms. The molecule has 0 heterocycles. The van der Waals surface area contributed by atoms with Gasteiger partial charge in [-0.25, -0.2) is 0 Å². The summed E-state index contributed by atoms with van der Waals surface area (Å²) in [5.41, 5.74) is 1.84. The zero-order valence-corrected chi connectivity index (χ0v) is 32.9. The zero-order valence-electron chi connectivity index (χ0n) is 30.8. The second kappa shape index (κ2) is 17.9. The molecule has 16 heteroatoms. The Kier molecular flexibility index (Phi) is 12.6. The van der Waals surface area contributed by atoms with E-state index in [0.29, 0.717) is 33.6 Å². The van der Waals surface area contributed by atoms with Gasteiger partial charge in [-0.1, -0.05) is 97.1 Å². The van der Waals surface area contributed by atoms with Crippen molar-refractivity contribution in [2.75, 3.05) is 7.11 Å². The van der Waals surface area contributed by atoms with Gasteiger partial charge in [0, 0.05) is 45.0 Å². The fourth-order valence-electron chi connectivity index (χ4n) is 6.01. The molecule has 0 amide bonds. The summed E-state index contributed by atoms with van der Waals surface area (Å²) in [5, 5.41) is 69.4. The van der Waals surface area contributed by atoms with Gasteiger partial charge in [0.1, 0.15) is 62.1 Å². The monoisotopic (exact) mass is 844 g/mol. The molecule has 0 bridgehead atoms. The number of rotatable bonds is 8. The van der Waals surface area contributed by atoms with Gasteiger partial charge in [0.2, 0.25) is 0 Å². The molecule has 8 aromatic carbocycles. The van der Waals surface area contributed by atoms with Gasteiger partial charge in [0.15, 0.2) is 0 Å². The molecule has 0 radical (unpaired) electrons. The molecule has 0 aliphatic carbocycles. The summed E-state index contributed by atoms with van der Waals surface area (Å²) in [7, 11) is -2.98. The number of phenols is 4. The molecule has 0 unspecified atom stereocenters. The molecule has 294 valence electrons. The van der Waals surface area contributed by atoms with E-state index >= 15 is 0 Å². The maximum absolute atomic E-state index is 11.6. The van der Waals surface area contributed by atoms with Crippen LogP contribution >= 0.6 is 0 Å². The number of hydrogen-bond donors (Lipinski definition) is 5. The van der Waals surface area contributed by atoms with Gasteiger partial charge >= 0.3 is 0 Å². The molecule has 0 aliphatic heterocycles. The van der Waals surface area contributed by atoms with Gasteiger partial charge in [0.05, 0.1) is 12.8 Å². The normalized spacial score (nSPS) is 11.6. The first-order valence-electron chi connectivity index (χ1n) is 17.4. The first-order chi connectivity index (χ1) is 28.0. The van der Waals surface area contributed by atoms with Crippen molar-refractivity contribution in [1.29, 1.82) is 0 Å². The summed E-state index contributed by atoms with van der Waals surface area (Å²) < 4.78 is 38.0. The molecule has 0 fully saturated rings. The molecule has 59 heavy (non-hydrogen) atoms. The summed E-state index contributed by atoms with van der Waals surface area (Å²) in [6.45, 7) is 0. The van der Waals surface area contributed by atoms with Crippen LogP contribution in [0.2, 0.25) is 0 Å². The third-order valence-corrected chi connectivity index (χ3v) is 9.71. The van der Waals surface area contributed by atoms with Crippen molar-refractivity contribution < 1.29 is 55.5 Å². The smallest absolute Gasteiger partial charge is 0.295 e. The van der Waals surface area contributed by atoms with E-state index in [-0.39, 0.29) is 57.1 Å². The number of azo groups is 3. The van der Waals surface area contributed by atoms with E-state index in [1.54, 1.807) is 79.9 Å². The SMILES string of the molecule is COc1ccccc1N=Nc1ccc(O)c(N=Nc2c(O)ccc3ccccc23)c1.O=S(=O)(O)c1cc(O)c(N=Nc2c(O)ccc3ccccc23)c2ccccc12.[Cr]. The van der Waals surface area contributed by atoms with Gasteiger partial charge in [-0.3, -0.25) is 4.55 Å². The van der Waals surface area contributed by atoms with Crippen LogP contribution in [0.3, 0.4) is 0 Å². The van der Waals surface area contributed by atoms with Crippen LogP contribution in [-0.4, -0.2) is 40.5 Å². The first kappa shape index (κ1) is 41.4. The van der Waals surface area contributed by atoms with Crippen LogP contribution < -0.4 is 4.74 Å². The van der Waals surface area contributed by atoms with E-state index in [0.717, 1.165) is 22.2 Å². The minimum atomic E-state index is -4.54. The second-order valence-corrected chi connectivity index (χ2v) is 13.9. The molecular formula is C43H32CrN6O8S. The number of aromatic hydroxyl groups is 4. The summed E-state index contributed by atoms with van der Waals surface area (Å²) in [5.74, 6) is 0.000598. The molecule has 14 nitrogen and oxygen atoms in total. The second-order valence-electron chi connectivity index (χ2n) is 12.5. The topological polar surface area (TPSA) is 219 Å². The number of nitrogens with zero attached hydrogens (tertiary/aromatic N) is 6. The summed E-state index contributed by atoms with van der Waals surface area (Å²) in [4.78, 5) is -0.424. The third-order valence-electron chi connectivity index (χ3n) is 8.82. The Morgan fingerprint density at radius 2 is 0.932 bits per heavy atom. The number of methoxy groups -OCH3 is 1. The van der Waals surface area contributed by atoms with Crippen LogP contribution in [0.4, 0.5) is 34.1 Å². The van der Waals surface area contributed by atoms with Gasteiger partial charge in [-0.15, -0.1) is 25.6 Å². The fraction of sp³-hybridized carbons (Fsp3) is 0.0233. The minimum Gasteiger partial charge on any atom is -0.506 e. The Morgan fingerprint density at radius 3 is 1.53 bits per heavy atom. The number of fused-ring (bicyclic) bond motifs is 3. The van der Waals surface area contributed by atoms with Crippen LogP contribution in [0.25, 0.3) is 32.3 Å². The van der Waals surface area contributed by atoms with Gasteiger partial charge in [-0.05, 0) is 53.2 Å². The summed E-state index contributed by atoms with van der Waals surface area (Å²) in [6.07, 6.45) is 0. The quantitative estimate of drug-likeness (QED) is 0.0730. The van der Waals surface area contributed by atoms with E-state index in [2.05, 4.69) is 30.7 Å². The molecule has 0 saturated heterocycles. The van der Waals surface area contributed by atoms with E-state index in [4.69, 9.17) is 4.74 Å². The summed E-state index contributed by atoms with van der Waals surface area (Å²) in [6, 6.07) is 40.6. The van der Waals surface area contributed by atoms with Crippen LogP contribution in [-0.2, 0) is 27.5 Å². The van der Waals surface area contributed by atoms with E-state index < -0.39 is 20.8 Å². The third kappa shape index (κ3) is 9.17. The van der Waals surface area contributed by atoms with Crippen LogP contribution in [0.15, 0.2) is 181 Å². The Balaban J connectivity index is 0.000000195. The van der Waals surface area contributed by atoms with E-state index in [1.165, 1.54) is 18.2 Å². The number of benzene rings is 8. The van der Waals surface area contributed by atoms with Crippen molar-refractivity contribution in [3.63, 3.8) is 0 Å². The van der Waals surface area contributed by atoms with Crippen molar-refractivity contribution in [3.05, 3.63) is 146 Å². The maximum atomic E-state index is 11.6. The van der Waals surface area contributed by atoms with E-state index in [1.807, 2.05) is 48.5 Å². The van der Waals surface area contributed by atoms with Gasteiger partial charge in [0.25, 0.3) is 10.1 Å². The van der Waals surface area contributed by atoms with Crippen molar-refractivity contribution in [3.8, 4) is 28.7 Å². The molecule has 0 aliphatic rings. The Hall–Kier alpha value is -7.22. The molecule has 0 saturated carbocycles. The van der Waals surface area contributed by atoms with Crippen LogP contribution in [0.1, 0.15) is 0 Å². The average molecular weight is 845 g/mol. The number of para-hydroxylation sites is 1. The fourth-order valence-corrected chi connectivity index (χ4v) is 6.73. The van der Waals surface area contributed by atoms with Gasteiger partial charge < -0.3 is 25.2 Å². The van der Waals surface area contributed by atoms with Crippen molar-refractivity contribution in [2.24, 2.45) is 30.7 Å². The Morgan fingerprint density at radius 1 is 0.458 bits per heavy atom. The zero-order chi connectivity index (χ0) is 40.8. The number of hydrogen-bond acceptors (Lipinski definition) is 13. The molecule has 8 aromatic rings. The Bertz CT molecular complexity index is 3050. The Labute approximate surface area is 347 Å². The summed E-state index contributed by atoms with van der Waals surface area (Å²) >= 11 is 0. The van der Waals surface area contributed by atoms with Crippen LogP contribution in [0.5, 0.6) is 28.7 Å². The van der Waals surface area contributed by atoms with Gasteiger partial charge in [-0.2, -0.15) is 13.5 Å². The van der Waals surface area contributed by atoms with Crippen molar-refractivity contribution >= 4 is 76.6 Å². The standard InChI is InChI=1S/C23H18N4O3.C20H14N2O5S.Cr/c1-30-22-9-5-4-8-18(22)25-24-16-11-13-20(28)19(14-16)26-27-23-17-7-3-2-6-15(17)10-12-21(23)29;23-16-10-9-12-5-1-2-6-13(12)19(16)21-22-20-15-8-4-3-7-14(15)18(11-17(20)24)28(25,26)27;/h2-14,28-29H,1H3;1-11,23-24H,(H,25,26,27);. The number of phenolic OH excluding ortho intramolecular Hbond substituents is 4. The van der Waals surface area contributed by atoms with E-state index in [9.17, 15) is 33.4 Å². The average Bonchev–Trinajstić information content (AvgIpc) is 3.23. The molecule has 8 rings (SSSR count). The molecule has 0 aromatic heterocycles. The molecule has 5 N–H and O–H groups in total. The number of ether oxygens (including phenoxy) is 1. The largest absolute Gasteiger partial charge is 0.506 e. The van der Waals surface area contributed by atoms with Crippen LogP contribution in [0, 0.1) is 0 Å². The van der Waals surface area contributed by atoms with Crippen molar-refractivity contribution in [2.45, 2.75) is 4.90 Å². The minimum absolute atomic E-state index is 0.